The summed E-state index contributed by atoms with van der Waals surface area (Å²) in [6, 6.07) is 0. The minimum atomic E-state index is 0.672. The third-order valence-electron chi connectivity index (χ3n) is 3.70. The maximum Gasteiger partial charge on any atom is 0.228 e. The molecule has 1 aliphatic heterocycles. The fraction of sp³-hybridized carbons (Fsp3) is 0.750. The van der Waals surface area contributed by atoms with E-state index in [1.165, 1.54) is 49.8 Å². The van der Waals surface area contributed by atoms with Crippen LogP contribution in [0.1, 0.15) is 55.7 Å². The molecule has 0 amide bonds. The van der Waals surface area contributed by atoms with Crippen molar-refractivity contribution in [1.29, 1.82) is 0 Å². The van der Waals surface area contributed by atoms with Crippen LogP contribution in [0.3, 0.4) is 0 Å². The molecule has 1 aromatic heterocycles. The first-order valence-electron chi connectivity index (χ1n) is 6.17. The topological polar surface area (TPSA) is 38.1 Å². The van der Waals surface area contributed by atoms with E-state index in [9.17, 15) is 0 Å². The Balaban J connectivity index is 1.87. The molecule has 3 nitrogen and oxygen atoms in total. The van der Waals surface area contributed by atoms with E-state index in [0.29, 0.717) is 5.92 Å². The highest BCUT2D eigenvalue weighted by Crippen LogP contribution is 2.37. The minimum Gasteiger partial charge on any atom is -0.354 e. The highest BCUT2D eigenvalue weighted by molar-refractivity contribution is 5.46. The van der Waals surface area contributed by atoms with Gasteiger partial charge < -0.3 is 9.84 Å². The van der Waals surface area contributed by atoms with Gasteiger partial charge in [0.05, 0.1) is 5.69 Å². The molecule has 15 heavy (non-hydrogen) atoms. The molecule has 1 N–H and O–H groups in total. The Labute approximate surface area is 90.2 Å². The largest absolute Gasteiger partial charge is 0.354 e. The molecule has 0 saturated heterocycles. The van der Waals surface area contributed by atoms with Gasteiger partial charge in [0.1, 0.15) is 0 Å². The van der Waals surface area contributed by atoms with Gasteiger partial charge in [0.2, 0.25) is 5.88 Å². The quantitative estimate of drug-likeness (QED) is 0.767. The number of hydrogen-bond acceptors (Lipinski definition) is 3. The molecule has 0 radical (unpaired) electrons. The van der Waals surface area contributed by atoms with Gasteiger partial charge in [0.25, 0.3) is 0 Å². The summed E-state index contributed by atoms with van der Waals surface area (Å²) in [6.07, 6.45) is 9.10. The average Bonchev–Trinajstić information content (AvgIpc) is 2.74. The lowest BCUT2D eigenvalue weighted by Gasteiger charge is -2.21. The van der Waals surface area contributed by atoms with Crippen molar-refractivity contribution in [2.45, 2.75) is 50.9 Å². The molecule has 1 aliphatic carbocycles. The van der Waals surface area contributed by atoms with Crippen LogP contribution < -0.4 is 5.32 Å². The second-order valence-electron chi connectivity index (χ2n) is 4.74. The fourth-order valence-corrected chi connectivity index (χ4v) is 2.87. The maximum atomic E-state index is 5.38. The summed E-state index contributed by atoms with van der Waals surface area (Å²) in [4.78, 5) is 0. The van der Waals surface area contributed by atoms with Crippen molar-refractivity contribution in [2.24, 2.45) is 0 Å². The summed E-state index contributed by atoms with van der Waals surface area (Å²) in [6.45, 7) is 1.03. The summed E-state index contributed by atoms with van der Waals surface area (Å²) in [5, 5.41) is 7.58. The summed E-state index contributed by atoms with van der Waals surface area (Å²) < 4.78 is 5.38. The van der Waals surface area contributed by atoms with Gasteiger partial charge in [-0.05, 0) is 25.7 Å². The van der Waals surface area contributed by atoms with Gasteiger partial charge in [-0.3, -0.25) is 0 Å². The summed E-state index contributed by atoms with van der Waals surface area (Å²) in [5.74, 6) is 1.62. The Morgan fingerprint density at radius 3 is 2.87 bits per heavy atom. The smallest absolute Gasteiger partial charge is 0.228 e. The molecule has 2 heterocycles. The van der Waals surface area contributed by atoms with Crippen LogP contribution in [0.25, 0.3) is 0 Å². The van der Waals surface area contributed by atoms with Gasteiger partial charge in [0, 0.05) is 18.0 Å². The predicted octanol–water partition coefficient (Wildman–Crippen LogP) is 3.08. The van der Waals surface area contributed by atoms with E-state index in [0.717, 1.165) is 18.8 Å². The molecular weight excluding hydrogens is 188 g/mol. The Morgan fingerprint density at radius 1 is 1.13 bits per heavy atom. The van der Waals surface area contributed by atoms with E-state index in [4.69, 9.17) is 4.52 Å². The van der Waals surface area contributed by atoms with Gasteiger partial charge in [0.15, 0.2) is 0 Å². The number of rotatable bonds is 1. The predicted molar refractivity (Wildman–Crippen MR) is 59.1 cm³/mol. The van der Waals surface area contributed by atoms with Crippen molar-refractivity contribution in [3.05, 3.63) is 11.3 Å². The molecule has 1 fully saturated rings. The van der Waals surface area contributed by atoms with Crippen molar-refractivity contribution in [3.63, 3.8) is 0 Å². The second-order valence-corrected chi connectivity index (χ2v) is 4.74. The zero-order chi connectivity index (χ0) is 10.1. The molecular formula is C12H18N2O. The van der Waals surface area contributed by atoms with E-state index in [-0.39, 0.29) is 0 Å². The van der Waals surface area contributed by atoms with Crippen LogP contribution in [0.15, 0.2) is 4.52 Å². The number of nitrogens with zero attached hydrogens (tertiary/aromatic N) is 1. The molecule has 0 atom stereocenters. The molecule has 0 aromatic carbocycles. The van der Waals surface area contributed by atoms with Crippen LogP contribution in [0, 0.1) is 0 Å². The van der Waals surface area contributed by atoms with Crippen LogP contribution in [-0.2, 0) is 6.42 Å². The van der Waals surface area contributed by atoms with Crippen molar-refractivity contribution in [1.82, 2.24) is 5.16 Å². The van der Waals surface area contributed by atoms with Gasteiger partial charge in [-0.25, -0.2) is 0 Å². The molecule has 2 aliphatic rings. The zero-order valence-corrected chi connectivity index (χ0v) is 9.09. The first-order chi connectivity index (χ1) is 7.45. The standard InChI is InChI=1S/C12H18N2O/c1-2-5-9(6-3-1)11-10-7-4-8-13-12(10)15-14-11/h9,13H,1-8H2. The van der Waals surface area contributed by atoms with Crippen LogP contribution in [-0.4, -0.2) is 11.7 Å². The fourth-order valence-electron chi connectivity index (χ4n) is 2.87. The number of hydrogen-bond donors (Lipinski definition) is 1. The number of anilines is 1. The van der Waals surface area contributed by atoms with Crippen molar-refractivity contribution < 1.29 is 4.52 Å². The van der Waals surface area contributed by atoms with Crippen molar-refractivity contribution in [2.75, 3.05) is 11.9 Å². The highest BCUT2D eigenvalue weighted by Gasteiger charge is 2.26. The first kappa shape index (κ1) is 9.25. The maximum absolute atomic E-state index is 5.38. The average molecular weight is 206 g/mol. The first-order valence-corrected chi connectivity index (χ1v) is 6.17. The summed E-state index contributed by atoms with van der Waals surface area (Å²) >= 11 is 0. The van der Waals surface area contributed by atoms with Crippen molar-refractivity contribution >= 4 is 5.88 Å². The zero-order valence-electron chi connectivity index (χ0n) is 9.09. The lowest BCUT2D eigenvalue weighted by atomic mass is 9.84. The van der Waals surface area contributed by atoms with E-state index >= 15 is 0 Å². The molecule has 3 rings (SSSR count). The lowest BCUT2D eigenvalue weighted by Crippen LogP contribution is -2.13. The molecule has 82 valence electrons. The van der Waals surface area contributed by atoms with Crippen LogP contribution >= 0.6 is 0 Å². The Hall–Kier alpha value is -0.990. The lowest BCUT2D eigenvalue weighted by molar-refractivity contribution is 0.386. The minimum absolute atomic E-state index is 0.672. The van der Waals surface area contributed by atoms with Crippen LogP contribution in [0.5, 0.6) is 0 Å². The highest BCUT2D eigenvalue weighted by atomic mass is 16.5. The van der Waals surface area contributed by atoms with Gasteiger partial charge in [-0.2, -0.15) is 0 Å². The molecule has 1 saturated carbocycles. The third-order valence-corrected chi connectivity index (χ3v) is 3.70. The monoisotopic (exact) mass is 206 g/mol. The SMILES string of the molecule is C1CCC(c2noc3c2CCCN3)CC1. The van der Waals surface area contributed by atoms with Gasteiger partial charge in [-0.1, -0.05) is 24.4 Å². The van der Waals surface area contributed by atoms with Gasteiger partial charge in [-0.15, -0.1) is 0 Å². The van der Waals surface area contributed by atoms with Crippen LogP contribution in [0.4, 0.5) is 5.88 Å². The van der Waals surface area contributed by atoms with E-state index in [1.54, 1.807) is 0 Å². The Bertz CT molecular complexity index is 339. The van der Waals surface area contributed by atoms with E-state index in [1.807, 2.05) is 0 Å². The molecule has 0 unspecified atom stereocenters. The molecule has 1 aromatic rings. The number of nitrogens with one attached hydrogen (secondary N) is 1. The van der Waals surface area contributed by atoms with Gasteiger partial charge >= 0.3 is 0 Å². The molecule has 3 heteroatoms. The number of fused-ring (bicyclic) bond motifs is 1. The summed E-state index contributed by atoms with van der Waals surface area (Å²) in [5.41, 5.74) is 2.63. The molecule has 0 spiro atoms. The number of aromatic nitrogens is 1. The summed E-state index contributed by atoms with van der Waals surface area (Å²) in [7, 11) is 0. The normalized spacial score (nSPS) is 22.1. The van der Waals surface area contributed by atoms with Crippen LogP contribution in [0.2, 0.25) is 0 Å². The Morgan fingerprint density at radius 2 is 2.00 bits per heavy atom. The van der Waals surface area contributed by atoms with E-state index in [2.05, 4.69) is 10.5 Å². The second kappa shape index (κ2) is 3.87. The van der Waals surface area contributed by atoms with E-state index < -0.39 is 0 Å². The Kier molecular flexibility index (Phi) is 2.39. The molecule has 0 bridgehead atoms. The third kappa shape index (κ3) is 1.64. The van der Waals surface area contributed by atoms with Crippen molar-refractivity contribution in [3.8, 4) is 0 Å².